The first-order chi connectivity index (χ1) is 16.7. The Morgan fingerprint density at radius 3 is 1.74 bits per heavy atom. The van der Waals surface area contributed by atoms with Gasteiger partial charge in [-0.1, -0.05) is 36.4 Å². The van der Waals surface area contributed by atoms with Gasteiger partial charge in [0.15, 0.2) is 0 Å². The standard InChI is InChI=1S/C29H35NO4/c1-31-26-12-6-22(7-13-26)18-20-30-19-4-5-25(30)21-34-29(23-8-14-27(32-2)15-9-23)24-10-16-28(33-3)17-11-24/h6-17,25,29H,4-5,18-21H2,1-3H3/t25-/m0/s1. The van der Waals surface area contributed by atoms with Crippen LogP contribution in [0.1, 0.15) is 35.6 Å². The fourth-order valence-corrected chi connectivity index (χ4v) is 4.59. The maximum absolute atomic E-state index is 6.62. The van der Waals surface area contributed by atoms with Crippen molar-refractivity contribution in [1.29, 1.82) is 0 Å². The van der Waals surface area contributed by atoms with Crippen LogP contribution in [-0.2, 0) is 11.2 Å². The van der Waals surface area contributed by atoms with E-state index in [4.69, 9.17) is 18.9 Å². The largest absolute Gasteiger partial charge is 0.497 e. The second-order valence-electron chi connectivity index (χ2n) is 8.69. The van der Waals surface area contributed by atoms with E-state index in [2.05, 4.69) is 41.3 Å². The van der Waals surface area contributed by atoms with Crippen molar-refractivity contribution in [3.8, 4) is 17.2 Å². The molecule has 1 aliphatic heterocycles. The molecule has 1 saturated heterocycles. The minimum absolute atomic E-state index is 0.138. The van der Waals surface area contributed by atoms with Gasteiger partial charge in [0.05, 0.1) is 27.9 Å². The molecule has 1 aliphatic rings. The van der Waals surface area contributed by atoms with Crippen molar-refractivity contribution in [2.75, 3.05) is 41.0 Å². The summed E-state index contributed by atoms with van der Waals surface area (Å²) in [5, 5.41) is 0. The number of methoxy groups -OCH3 is 3. The number of likely N-dealkylation sites (tertiary alicyclic amines) is 1. The van der Waals surface area contributed by atoms with Crippen LogP contribution >= 0.6 is 0 Å². The van der Waals surface area contributed by atoms with Crippen molar-refractivity contribution < 1.29 is 18.9 Å². The highest BCUT2D eigenvalue weighted by atomic mass is 16.5. The topological polar surface area (TPSA) is 40.2 Å². The zero-order chi connectivity index (χ0) is 23.8. The Morgan fingerprint density at radius 1 is 0.735 bits per heavy atom. The number of hydrogen-bond donors (Lipinski definition) is 0. The Labute approximate surface area is 203 Å². The highest BCUT2D eigenvalue weighted by Gasteiger charge is 2.26. The van der Waals surface area contributed by atoms with Gasteiger partial charge in [0.1, 0.15) is 23.4 Å². The predicted molar refractivity (Wildman–Crippen MR) is 135 cm³/mol. The zero-order valence-electron chi connectivity index (χ0n) is 20.4. The lowest BCUT2D eigenvalue weighted by molar-refractivity contribution is 0.0381. The molecule has 0 radical (unpaired) electrons. The maximum atomic E-state index is 6.62. The van der Waals surface area contributed by atoms with Gasteiger partial charge in [-0.2, -0.15) is 0 Å². The van der Waals surface area contributed by atoms with Crippen molar-refractivity contribution in [3.05, 3.63) is 89.5 Å². The van der Waals surface area contributed by atoms with E-state index in [9.17, 15) is 0 Å². The summed E-state index contributed by atoms with van der Waals surface area (Å²) in [5.41, 5.74) is 3.57. The van der Waals surface area contributed by atoms with Crippen molar-refractivity contribution in [3.63, 3.8) is 0 Å². The lowest BCUT2D eigenvalue weighted by Gasteiger charge is -2.27. The van der Waals surface area contributed by atoms with Gasteiger partial charge in [0.2, 0.25) is 0 Å². The van der Waals surface area contributed by atoms with Gasteiger partial charge in [0, 0.05) is 12.6 Å². The molecule has 1 atom stereocenters. The summed E-state index contributed by atoms with van der Waals surface area (Å²) in [4.78, 5) is 2.57. The highest BCUT2D eigenvalue weighted by Crippen LogP contribution is 2.30. The average Bonchev–Trinajstić information content (AvgIpc) is 3.36. The molecule has 4 rings (SSSR count). The van der Waals surface area contributed by atoms with Crippen molar-refractivity contribution in [2.45, 2.75) is 31.4 Å². The van der Waals surface area contributed by atoms with Crippen molar-refractivity contribution in [1.82, 2.24) is 4.90 Å². The Bertz CT molecular complexity index is 954. The fourth-order valence-electron chi connectivity index (χ4n) is 4.59. The Kier molecular flexibility index (Phi) is 8.45. The van der Waals surface area contributed by atoms with Gasteiger partial charge < -0.3 is 18.9 Å². The minimum atomic E-state index is -0.138. The summed E-state index contributed by atoms with van der Waals surface area (Å²) in [5.74, 6) is 2.59. The molecule has 3 aromatic carbocycles. The van der Waals surface area contributed by atoms with Crippen LogP contribution in [-0.4, -0.2) is 52.0 Å². The molecule has 34 heavy (non-hydrogen) atoms. The van der Waals surface area contributed by atoms with Gasteiger partial charge in [-0.25, -0.2) is 0 Å². The molecule has 1 heterocycles. The van der Waals surface area contributed by atoms with Crippen LogP contribution in [0, 0.1) is 0 Å². The third kappa shape index (κ3) is 6.10. The third-order valence-corrected chi connectivity index (χ3v) is 6.64. The van der Waals surface area contributed by atoms with Gasteiger partial charge in [-0.3, -0.25) is 4.90 Å². The third-order valence-electron chi connectivity index (χ3n) is 6.64. The number of ether oxygens (including phenoxy) is 4. The summed E-state index contributed by atoms with van der Waals surface area (Å²) >= 11 is 0. The summed E-state index contributed by atoms with van der Waals surface area (Å²) < 4.78 is 22.6. The lowest BCUT2D eigenvalue weighted by atomic mass is 10.0. The van der Waals surface area contributed by atoms with E-state index in [0.29, 0.717) is 12.6 Å². The summed E-state index contributed by atoms with van der Waals surface area (Å²) in [6.07, 6.45) is 3.27. The molecule has 0 spiro atoms. The van der Waals surface area contributed by atoms with Crippen LogP contribution in [0.2, 0.25) is 0 Å². The molecule has 0 bridgehead atoms. The lowest BCUT2D eigenvalue weighted by Crippen LogP contribution is -2.35. The summed E-state index contributed by atoms with van der Waals surface area (Å²) in [6.45, 7) is 2.86. The zero-order valence-corrected chi connectivity index (χ0v) is 20.4. The molecule has 0 unspecified atom stereocenters. The first-order valence-electron chi connectivity index (χ1n) is 12.0. The minimum Gasteiger partial charge on any atom is -0.497 e. The van der Waals surface area contributed by atoms with Crippen LogP contribution < -0.4 is 14.2 Å². The first-order valence-corrected chi connectivity index (χ1v) is 12.0. The van der Waals surface area contributed by atoms with Gasteiger partial charge in [-0.15, -0.1) is 0 Å². The second-order valence-corrected chi connectivity index (χ2v) is 8.69. The molecule has 0 aromatic heterocycles. The van der Waals surface area contributed by atoms with Crippen LogP contribution in [0.5, 0.6) is 17.2 Å². The smallest absolute Gasteiger partial charge is 0.118 e. The molecular formula is C29H35NO4. The monoisotopic (exact) mass is 461 g/mol. The molecular weight excluding hydrogens is 426 g/mol. The molecule has 3 aromatic rings. The van der Waals surface area contributed by atoms with Crippen LogP contribution in [0.25, 0.3) is 0 Å². The number of rotatable bonds is 11. The fraction of sp³-hybridized carbons (Fsp3) is 0.379. The van der Waals surface area contributed by atoms with Crippen molar-refractivity contribution >= 4 is 0 Å². The normalized spacial score (nSPS) is 16.1. The SMILES string of the molecule is COc1ccc(CCN2CCC[C@H]2COC(c2ccc(OC)cc2)c2ccc(OC)cc2)cc1. The van der Waals surface area contributed by atoms with E-state index in [0.717, 1.165) is 47.9 Å². The Hall–Kier alpha value is -3.02. The average molecular weight is 462 g/mol. The second kappa shape index (κ2) is 11.9. The summed E-state index contributed by atoms with van der Waals surface area (Å²) in [7, 11) is 5.08. The molecule has 0 aliphatic carbocycles. The quantitative estimate of drug-likeness (QED) is 0.376. The molecule has 0 amide bonds. The molecule has 1 fully saturated rings. The van der Waals surface area contributed by atoms with Gasteiger partial charge >= 0.3 is 0 Å². The van der Waals surface area contributed by atoms with E-state index in [1.165, 1.54) is 18.4 Å². The molecule has 0 saturated carbocycles. The van der Waals surface area contributed by atoms with Crippen LogP contribution in [0.4, 0.5) is 0 Å². The number of hydrogen-bond acceptors (Lipinski definition) is 5. The van der Waals surface area contributed by atoms with Crippen LogP contribution in [0.3, 0.4) is 0 Å². The van der Waals surface area contributed by atoms with E-state index in [1.54, 1.807) is 21.3 Å². The maximum Gasteiger partial charge on any atom is 0.118 e. The predicted octanol–water partition coefficient (Wildman–Crippen LogP) is 5.53. The number of benzene rings is 3. The van der Waals surface area contributed by atoms with E-state index >= 15 is 0 Å². The number of nitrogens with zero attached hydrogens (tertiary/aromatic N) is 1. The van der Waals surface area contributed by atoms with Gasteiger partial charge in [0.25, 0.3) is 0 Å². The molecule has 180 valence electrons. The van der Waals surface area contributed by atoms with E-state index in [1.807, 2.05) is 36.4 Å². The van der Waals surface area contributed by atoms with Gasteiger partial charge in [-0.05, 0) is 78.9 Å². The summed E-state index contributed by atoms with van der Waals surface area (Å²) in [6, 6.07) is 25.1. The highest BCUT2D eigenvalue weighted by molar-refractivity contribution is 5.36. The molecule has 5 nitrogen and oxygen atoms in total. The first kappa shape index (κ1) is 24.1. The van der Waals surface area contributed by atoms with Crippen LogP contribution in [0.15, 0.2) is 72.8 Å². The molecule has 5 heteroatoms. The van der Waals surface area contributed by atoms with E-state index in [-0.39, 0.29) is 6.10 Å². The van der Waals surface area contributed by atoms with E-state index < -0.39 is 0 Å². The Morgan fingerprint density at radius 2 is 1.24 bits per heavy atom. The Balaban J connectivity index is 1.42. The van der Waals surface area contributed by atoms with Crippen molar-refractivity contribution in [2.24, 2.45) is 0 Å². The molecule has 0 N–H and O–H groups in total.